The zero-order chi connectivity index (χ0) is 17.6. The molecule has 4 heteroatoms. The molecule has 1 aliphatic carbocycles. The summed E-state index contributed by atoms with van der Waals surface area (Å²) < 4.78 is 5.55. The Labute approximate surface area is 141 Å². The number of amides is 1. The van der Waals surface area contributed by atoms with E-state index < -0.39 is 5.60 Å². The maximum Gasteiger partial charge on any atom is 0.410 e. The topological polar surface area (TPSA) is 46.6 Å². The minimum atomic E-state index is -0.502. The summed E-state index contributed by atoms with van der Waals surface area (Å²) in [5.41, 5.74) is -0.502. The minimum absolute atomic E-state index is 0.000648. The van der Waals surface area contributed by atoms with Crippen molar-refractivity contribution in [2.75, 3.05) is 6.54 Å². The van der Waals surface area contributed by atoms with Gasteiger partial charge in [-0.05, 0) is 59.0 Å². The van der Waals surface area contributed by atoms with Crippen molar-refractivity contribution in [2.24, 2.45) is 11.8 Å². The fourth-order valence-corrected chi connectivity index (χ4v) is 2.95. The molecule has 3 atom stereocenters. The molecule has 1 aliphatic rings. The molecule has 0 N–H and O–H groups in total. The fourth-order valence-electron chi connectivity index (χ4n) is 2.95. The Morgan fingerprint density at radius 3 is 2.61 bits per heavy atom. The van der Waals surface area contributed by atoms with Gasteiger partial charge < -0.3 is 9.64 Å². The fraction of sp³-hybridized carbons (Fsp3) is 0.789. The van der Waals surface area contributed by atoms with E-state index in [1.54, 1.807) is 11.0 Å². The van der Waals surface area contributed by atoms with E-state index in [-0.39, 0.29) is 23.8 Å². The molecule has 0 aliphatic heterocycles. The van der Waals surface area contributed by atoms with Crippen molar-refractivity contribution >= 4 is 11.9 Å². The molecule has 0 aromatic carbocycles. The molecule has 1 amide bonds. The predicted octanol–water partition coefficient (Wildman–Crippen LogP) is 4.58. The number of ketones is 1. The first-order valence-electron chi connectivity index (χ1n) is 8.85. The van der Waals surface area contributed by atoms with E-state index >= 15 is 0 Å². The van der Waals surface area contributed by atoms with Crippen LogP contribution < -0.4 is 0 Å². The van der Waals surface area contributed by atoms with Gasteiger partial charge in [-0.1, -0.05) is 26.3 Å². The Morgan fingerprint density at radius 1 is 1.43 bits per heavy atom. The quantitative estimate of drug-likeness (QED) is 0.718. The lowest BCUT2D eigenvalue weighted by Crippen LogP contribution is -2.44. The SMILES string of the molecule is CCCCN(C(=O)OC(C)(C)C)C(C)CC1C(=O)C=CCC1C. The lowest BCUT2D eigenvalue weighted by molar-refractivity contribution is -0.120. The standard InChI is InChI=1S/C19H33NO3/c1-7-8-12-20(18(22)23-19(4,5)6)15(3)13-16-14(2)10-9-11-17(16)21/h9,11,14-16H,7-8,10,12-13H2,1-6H3. The summed E-state index contributed by atoms with van der Waals surface area (Å²) in [6.45, 7) is 12.6. The molecule has 23 heavy (non-hydrogen) atoms. The van der Waals surface area contributed by atoms with Crippen LogP contribution in [0.2, 0.25) is 0 Å². The molecule has 0 heterocycles. The third kappa shape index (κ3) is 6.36. The van der Waals surface area contributed by atoms with Gasteiger partial charge in [-0.3, -0.25) is 4.79 Å². The highest BCUT2D eigenvalue weighted by molar-refractivity contribution is 5.92. The zero-order valence-electron chi connectivity index (χ0n) is 15.6. The molecular formula is C19H33NO3. The predicted molar refractivity (Wildman–Crippen MR) is 93.3 cm³/mol. The van der Waals surface area contributed by atoms with E-state index in [1.807, 2.05) is 33.8 Å². The molecule has 0 aromatic heterocycles. The van der Waals surface area contributed by atoms with E-state index in [1.165, 1.54) is 0 Å². The summed E-state index contributed by atoms with van der Waals surface area (Å²) in [4.78, 5) is 26.5. The van der Waals surface area contributed by atoms with Gasteiger partial charge in [0.25, 0.3) is 0 Å². The van der Waals surface area contributed by atoms with Crippen LogP contribution >= 0.6 is 0 Å². The lowest BCUT2D eigenvalue weighted by Gasteiger charge is -2.35. The van der Waals surface area contributed by atoms with Crippen molar-refractivity contribution in [2.45, 2.75) is 78.9 Å². The number of rotatable bonds is 6. The highest BCUT2D eigenvalue weighted by Crippen LogP contribution is 2.28. The molecule has 1 rings (SSSR count). The average Bonchev–Trinajstić information content (AvgIpc) is 2.41. The van der Waals surface area contributed by atoms with Crippen LogP contribution in [0.4, 0.5) is 4.79 Å². The second-order valence-electron chi connectivity index (χ2n) is 7.74. The Hall–Kier alpha value is -1.32. The first-order chi connectivity index (χ1) is 10.7. The van der Waals surface area contributed by atoms with Crippen LogP contribution in [0.15, 0.2) is 12.2 Å². The van der Waals surface area contributed by atoms with Crippen LogP contribution in [0.3, 0.4) is 0 Å². The summed E-state index contributed by atoms with van der Waals surface area (Å²) in [6, 6.07) is -0.000648. The lowest BCUT2D eigenvalue weighted by atomic mass is 9.79. The highest BCUT2D eigenvalue weighted by Gasteiger charge is 2.32. The third-order valence-electron chi connectivity index (χ3n) is 4.35. The molecule has 0 radical (unpaired) electrons. The summed E-state index contributed by atoms with van der Waals surface area (Å²) in [7, 11) is 0. The van der Waals surface area contributed by atoms with Gasteiger partial charge >= 0.3 is 6.09 Å². The first-order valence-corrected chi connectivity index (χ1v) is 8.85. The number of carbonyl (C=O) groups is 2. The highest BCUT2D eigenvalue weighted by atomic mass is 16.6. The molecule has 3 unspecified atom stereocenters. The van der Waals surface area contributed by atoms with Crippen LogP contribution in [0.5, 0.6) is 0 Å². The van der Waals surface area contributed by atoms with E-state index in [0.29, 0.717) is 18.9 Å². The average molecular weight is 323 g/mol. The number of ether oxygens (including phenoxy) is 1. The van der Waals surface area contributed by atoms with Gasteiger partial charge in [0, 0.05) is 18.5 Å². The Kier molecular flexibility index (Phi) is 7.30. The van der Waals surface area contributed by atoms with Crippen molar-refractivity contribution in [1.29, 1.82) is 0 Å². The Morgan fingerprint density at radius 2 is 2.09 bits per heavy atom. The van der Waals surface area contributed by atoms with Crippen molar-refractivity contribution in [3.05, 3.63) is 12.2 Å². The van der Waals surface area contributed by atoms with Crippen LogP contribution in [0.25, 0.3) is 0 Å². The minimum Gasteiger partial charge on any atom is -0.444 e. The van der Waals surface area contributed by atoms with Gasteiger partial charge in [-0.25, -0.2) is 4.79 Å². The second kappa shape index (κ2) is 8.51. The van der Waals surface area contributed by atoms with Crippen molar-refractivity contribution in [3.8, 4) is 0 Å². The molecule has 132 valence electrons. The first kappa shape index (κ1) is 19.7. The van der Waals surface area contributed by atoms with Gasteiger partial charge in [0.05, 0.1) is 0 Å². The van der Waals surface area contributed by atoms with Crippen molar-refractivity contribution in [3.63, 3.8) is 0 Å². The van der Waals surface area contributed by atoms with Crippen LogP contribution in [0.1, 0.15) is 67.2 Å². The number of carbonyl (C=O) groups excluding carboxylic acids is 2. The molecule has 0 saturated heterocycles. The second-order valence-corrected chi connectivity index (χ2v) is 7.74. The number of allylic oxidation sites excluding steroid dienone is 2. The molecule has 0 saturated carbocycles. The van der Waals surface area contributed by atoms with E-state index in [2.05, 4.69) is 13.8 Å². The Balaban J connectivity index is 2.78. The maximum atomic E-state index is 12.5. The van der Waals surface area contributed by atoms with Gasteiger partial charge in [0.2, 0.25) is 0 Å². The van der Waals surface area contributed by atoms with E-state index in [4.69, 9.17) is 4.74 Å². The Bertz CT molecular complexity index is 436. The molecule has 0 aromatic rings. The summed E-state index contributed by atoms with van der Waals surface area (Å²) in [5, 5.41) is 0. The molecular weight excluding hydrogens is 290 g/mol. The summed E-state index contributed by atoms with van der Waals surface area (Å²) in [6.07, 6.45) is 6.98. The van der Waals surface area contributed by atoms with Crippen LogP contribution in [-0.2, 0) is 9.53 Å². The number of unbranched alkanes of at least 4 members (excludes halogenated alkanes) is 1. The van der Waals surface area contributed by atoms with Crippen molar-refractivity contribution in [1.82, 2.24) is 4.90 Å². The van der Waals surface area contributed by atoms with Gasteiger partial charge in [0.1, 0.15) is 5.60 Å². The number of hydrogen-bond donors (Lipinski definition) is 0. The zero-order valence-corrected chi connectivity index (χ0v) is 15.6. The third-order valence-corrected chi connectivity index (χ3v) is 4.35. The summed E-state index contributed by atoms with van der Waals surface area (Å²) >= 11 is 0. The summed E-state index contributed by atoms with van der Waals surface area (Å²) in [5.74, 6) is 0.526. The maximum absolute atomic E-state index is 12.5. The molecule has 0 fully saturated rings. The smallest absolute Gasteiger partial charge is 0.410 e. The number of nitrogens with zero attached hydrogens (tertiary/aromatic N) is 1. The van der Waals surface area contributed by atoms with Gasteiger partial charge in [-0.2, -0.15) is 0 Å². The van der Waals surface area contributed by atoms with E-state index in [0.717, 1.165) is 19.3 Å². The molecule has 4 nitrogen and oxygen atoms in total. The molecule has 0 bridgehead atoms. The van der Waals surface area contributed by atoms with Crippen molar-refractivity contribution < 1.29 is 14.3 Å². The van der Waals surface area contributed by atoms with Crippen LogP contribution in [-0.4, -0.2) is 35.0 Å². The number of hydrogen-bond acceptors (Lipinski definition) is 3. The largest absolute Gasteiger partial charge is 0.444 e. The van der Waals surface area contributed by atoms with Gasteiger partial charge in [-0.15, -0.1) is 0 Å². The van der Waals surface area contributed by atoms with Crippen LogP contribution in [0, 0.1) is 11.8 Å². The molecule has 0 spiro atoms. The normalized spacial score (nSPS) is 22.8. The van der Waals surface area contributed by atoms with Gasteiger partial charge in [0.15, 0.2) is 5.78 Å². The van der Waals surface area contributed by atoms with E-state index in [9.17, 15) is 9.59 Å². The monoisotopic (exact) mass is 323 g/mol.